The standard InChI is InChI=1S/C11H19N3OS/c1-3-4-10(11(15)13-12)14(2)7-9-5-6-16-8-9/h5-6,8,10H,3-4,7,12H2,1-2H3,(H,13,15). The fourth-order valence-corrected chi connectivity index (χ4v) is 2.36. The molecular formula is C11H19N3OS. The summed E-state index contributed by atoms with van der Waals surface area (Å²) in [6.45, 7) is 2.84. The van der Waals surface area contributed by atoms with Crippen molar-refractivity contribution in [3.05, 3.63) is 22.4 Å². The number of nitrogens with two attached hydrogens (primary N) is 1. The summed E-state index contributed by atoms with van der Waals surface area (Å²) in [6.07, 6.45) is 1.79. The molecule has 5 heteroatoms. The van der Waals surface area contributed by atoms with Gasteiger partial charge in [0.25, 0.3) is 5.91 Å². The Morgan fingerprint density at radius 2 is 2.44 bits per heavy atom. The third-order valence-corrected chi connectivity index (χ3v) is 3.28. The van der Waals surface area contributed by atoms with Gasteiger partial charge in [0.15, 0.2) is 0 Å². The van der Waals surface area contributed by atoms with Gasteiger partial charge >= 0.3 is 0 Å². The van der Waals surface area contributed by atoms with E-state index in [0.717, 1.165) is 19.4 Å². The average molecular weight is 241 g/mol. The Kier molecular flexibility index (Phi) is 5.45. The Balaban J connectivity index is 2.59. The van der Waals surface area contributed by atoms with Gasteiger partial charge in [-0.1, -0.05) is 13.3 Å². The van der Waals surface area contributed by atoms with Gasteiger partial charge in [-0.15, -0.1) is 0 Å². The van der Waals surface area contributed by atoms with Gasteiger partial charge in [0.2, 0.25) is 0 Å². The second-order valence-electron chi connectivity index (χ2n) is 3.86. The molecule has 0 fully saturated rings. The molecule has 3 N–H and O–H groups in total. The lowest BCUT2D eigenvalue weighted by Gasteiger charge is -2.25. The lowest BCUT2D eigenvalue weighted by atomic mass is 10.1. The summed E-state index contributed by atoms with van der Waals surface area (Å²) in [5.41, 5.74) is 3.47. The lowest BCUT2D eigenvalue weighted by molar-refractivity contribution is -0.126. The molecule has 0 spiro atoms. The normalized spacial score (nSPS) is 12.8. The van der Waals surface area contributed by atoms with Crippen LogP contribution in [0, 0.1) is 0 Å². The fourth-order valence-electron chi connectivity index (χ4n) is 1.70. The molecule has 90 valence electrons. The van der Waals surface area contributed by atoms with Crippen molar-refractivity contribution in [3.63, 3.8) is 0 Å². The van der Waals surface area contributed by atoms with E-state index in [1.807, 2.05) is 17.3 Å². The largest absolute Gasteiger partial charge is 0.293 e. The van der Waals surface area contributed by atoms with Gasteiger partial charge in [-0.25, -0.2) is 5.84 Å². The summed E-state index contributed by atoms with van der Waals surface area (Å²) in [5.74, 6) is 5.08. The molecule has 1 heterocycles. The molecule has 1 aromatic heterocycles. The molecule has 1 aromatic rings. The number of rotatable bonds is 6. The van der Waals surface area contributed by atoms with Crippen molar-refractivity contribution in [1.29, 1.82) is 0 Å². The highest BCUT2D eigenvalue weighted by molar-refractivity contribution is 7.07. The van der Waals surface area contributed by atoms with Crippen molar-refractivity contribution in [2.24, 2.45) is 5.84 Å². The van der Waals surface area contributed by atoms with E-state index < -0.39 is 0 Å². The van der Waals surface area contributed by atoms with E-state index in [9.17, 15) is 4.79 Å². The van der Waals surface area contributed by atoms with Crippen LogP contribution in [0.1, 0.15) is 25.3 Å². The van der Waals surface area contributed by atoms with Crippen molar-refractivity contribution in [3.8, 4) is 0 Å². The maximum atomic E-state index is 11.6. The van der Waals surface area contributed by atoms with Gasteiger partial charge in [0.1, 0.15) is 0 Å². The first-order valence-corrected chi connectivity index (χ1v) is 6.35. The predicted molar refractivity (Wildman–Crippen MR) is 66.8 cm³/mol. The van der Waals surface area contributed by atoms with Crippen molar-refractivity contribution < 1.29 is 4.79 Å². The van der Waals surface area contributed by atoms with Gasteiger partial charge in [-0.3, -0.25) is 15.1 Å². The van der Waals surface area contributed by atoms with Gasteiger partial charge in [0.05, 0.1) is 6.04 Å². The van der Waals surface area contributed by atoms with Crippen LogP contribution in [-0.4, -0.2) is 23.9 Å². The number of nitrogens with zero attached hydrogens (tertiary/aromatic N) is 1. The Morgan fingerprint density at radius 1 is 1.69 bits per heavy atom. The lowest BCUT2D eigenvalue weighted by Crippen LogP contribution is -2.47. The maximum absolute atomic E-state index is 11.6. The highest BCUT2D eigenvalue weighted by Gasteiger charge is 2.21. The molecule has 16 heavy (non-hydrogen) atoms. The number of likely N-dealkylation sites (N-methyl/N-ethyl adjacent to an activating group) is 1. The minimum atomic E-state index is -0.144. The number of nitrogens with one attached hydrogen (secondary N) is 1. The molecule has 1 atom stereocenters. The molecule has 4 nitrogen and oxygen atoms in total. The van der Waals surface area contributed by atoms with E-state index in [2.05, 4.69) is 23.8 Å². The monoisotopic (exact) mass is 241 g/mol. The molecule has 0 saturated heterocycles. The number of carbonyl (C=O) groups excluding carboxylic acids is 1. The van der Waals surface area contributed by atoms with Crippen molar-refractivity contribution in [2.75, 3.05) is 7.05 Å². The smallest absolute Gasteiger partial charge is 0.251 e. The molecule has 1 unspecified atom stereocenters. The van der Waals surface area contributed by atoms with E-state index in [-0.39, 0.29) is 11.9 Å². The number of hydrogen-bond donors (Lipinski definition) is 2. The number of amides is 1. The second kappa shape index (κ2) is 6.62. The van der Waals surface area contributed by atoms with Crippen LogP contribution in [0.4, 0.5) is 0 Å². The van der Waals surface area contributed by atoms with Gasteiger partial charge in [-0.05, 0) is 35.9 Å². The maximum Gasteiger partial charge on any atom is 0.251 e. The first-order chi connectivity index (χ1) is 7.69. The van der Waals surface area contributed by atoms with Gasteiger partial charge < -0.3 is 0 Å². The van der Waals surface area contributed by atoms with Crippen molar-refractivity contribution in [1.82, 2.24) is 10.3 Å². The SMILES string of the molecule is CCCC(C(=O)NN)N(C)Cc1ccsc1. The molecular weight excluding hydrogens is 222 g/mol. The summed E-state index contributed by atoms with van der Waals surface area (Å²) >= 11 is 1.67. The number of hydrazine groups is 1. The molecule has 1 amide bonds. The minimum absolute atomic E-state index is 0.112. The minimum Gasteiger partial charge on any atom is -0.293 e. The zero-order valence-corrected chi connectivity index (χ0v) is 10.6. The van der Waals surface area contributed by atoms with E-state index in [4.69, 9.17) is 5.84 Å². The van der Waals surface area contributed by atoms with Crippen LogP contribution in [0.15, 0.2) is 16.8 Å². The van der Waals surface area contributed by atoms with E-state index in [0.29, 0.717) is 0 Å². The van der Waals surface area contributed by atoms with Crippen LogP contribution in [0.25, 0.3) is 0 Å². The van der Waals surface area contributed by atoms with Crippen LogP contribution in [-0.2, 0) is 11.3 Å². The van der Waals surface area contributed by atoms with E-state index in [1.165, 1.54) is 5.56 Å². The molecule has 0 aliphatic carbocycles. The molecule has 0 aliphatic rings. The Labute approximate surface area is 100 Å². The Bertz CT molecular complexity index is 313. The first-order valence-electron chi connectivity index (χ1n) is 5.40. The first kappa shape index (κ1) is 13.2. The van der Waals surface area contributed by atoms with Crippen LogP contribution in [0.3, 0.4) is 0 Å². The van der Waals surface area contributed by atoms with Crippen LogP contribution < -0.4 is 11.3 Å². The summed E-state index contributed by atoms with van der Waals surface area (Å²) in [4.78, 5) is 13.6. The van der Waals surface area contributed by atoms with Crippen LogP contribution in [0.5, 0.6) is 0 Å². The molecule has 0 bridgehead atoms. The molecule has 0 saturated carbocycles. The molecule has 0 aromatic carbocycles. The number of hydrogen-bond acceptors (Lipinski definition) is 4. The Hall–Kier alpha value is -0.910. The highest BCUT2D eigenvalue weighted by Crippen LogP contribution is 2.12. The Morgan fingerprint density at radius 3 is 2.94 bits per heavy atom. The topological polar surface area (TPSA) is 58.4 Å². The third-order valence-electron chi connectivity index (χ3n) is 2.55. The number of thiophene rings is 1. The molecule has 0 radical (unpaired) electrons. The van der Waals surface area contributed by atoms with E-state index in [1.54, 1.807) is 11.3 Å². The van der Waals surface area contributed by atoms with Crippen molar-refractivity contribution >= 4 is 17.2 Å². The summed E-state index contributed by atoms with van der Waals surface area (Å²) in [6, 6.07) is 1.93. The van der Waals surface area contributed by atoms with Gasteiger partial charge in [-0.2, -0.15) is 11.3 Å². The van der Waals surface area contributed by atoms with Crippen LogP contribution in [0.2, 0.25) is 0 Å². The van der Waals surface area contributed by atoms with E-state index >= 15 is 0 Å². The zero-order valence-electron chi connectivity index (χ0n) is 9.77. The fraction of sp³-hybridized carbons (Fsp3) is 0.545. The second-order valence-corrected chi connectivity index (χ2v) is 4.64. The van der Waals surface area contributed by atoms with Crippen LogP contribution >= 0.6 is 11.3 Å². The summed E-state index contributed by atoms with van der Waals surface area (Å²) < 4.78 is 0. The highest BCUT2D eigenvalue weighted by atomic mass is 32.1. The number of carbonyl (C=O) groups is 1. The third kappa shape index (κ3) is 3.59. The molecule has 1 rings (SSSR count). The molecule has 0 aliphatic heterocycles. The zero-order chi connectivity index (χ0) is 12.0. The predicted octanol–water partition coefficient (Wildman–Crippen LogP) is 1.34. The summed E-state index contributed by atoms with van der Waals surface area (Å²) in [5, 5.41) is 4.14. The van der Waals surface area contributed by atoms with Crippen molar-refractivity contribution in [2.45, 2.75) is 32.4 Å². The van der Waals surface area contributed by atoms with Gasteiger partial charge in [0, 0.05) is 6.54 Å². The summed E-state index contributed by atoms with van der Waals surface area (Å²) in [7, 11) is 1.95. The quantitative estimate of drug-likeness (QED) is 0.449. The average Bonchev–Trinajstić information content (AvgIpc) is 2.77.